The van der Waals surface area contributed by atoms with E-state index in [0.717, 1.165) is 56.9 Å². The van der Waals surface area contributed by atoms with Gasteiger partial charge in [0.2, 0.25) is 0 Å². The molecule has 0 aliphatic carbocycles. The van der Waals surface area contributed by atoms with Crippen LogP contribution in [0.1, 0.15) is 273 Å². The minimum absolute atomic E-state index is 0.152. The van der Waals surface area contributed by atoms with Crippen LogP contribution in [0.5, 0.6) is 23.0 Å². The fourth-order valence-electron chi connectivity index (χ4n) is 10.9. The van der Waals surface area contributed by atoms with Gasteiger partial charge in [-0.1, -0.05) is 238 Å². The standard InChI is InChI=1S/C70H111NO11/c1-7-11-15-19-23-27-31-38-48-74-59-46-44-57(52-61(59)76-50-40-33-29-25-21-17-13-9-3)67(72)71-64-66(65-63(55-79-70(5,6)82-65)80-69(64)78-54-56-42-36-35-37-43-56)81-68(73)58-45-47-60(75-49-39-32-28-24-20-16-12-8-2)62(53-58)77-51-41-34-30-26-22-18-14-10-4/h35-37,42-47,52-53,63-66,69H,7-34,38-41,48-51,54-55H2,1-6H3,(H,71,72)/t63-,64-,65-,66-,69-/m1/s1. The number of esters is 1. The maximum Gasteiger partial charge on any atom is 0.338 e. The molecule has 3 aromatic carbocycles. The van der Waals surface area contributed by atoms with Gasteiger partial charge in [0.05, 0.1) is 45.2 Å². The van der Waals surface area contributed by atoms with Crippen molar-refractivity contribution in [3.63, 3.8) is 0 Å². The number of fused-ring (bicyclic) bond motifs is 1. The molecule has 0 saturated carbocycles. The maximum absolute atomic E-state index is 14.9. The summed E-state index contributed by atoms with van der Waals surface area (Å²) in [5.41, 5.74) is 1.55. The van der Waals surface area contributed by atoms with Crippen molar-refractivity contribution < 1.29 is 52.2 Å². The van der Waals surface area contributed by atoms with Crippen LogP contribution in [-0.4, -0.2) is 81.3 Å². The molecule has 462 valence electrons. The first-order valence-corrected chi connectivity index (χ1v) is 33.1. The highest BCUT2D eigenvalue weighted by atomic mass is 16.8. The van der Waals surface area contributed by atoms with E-state index in [-0.39, 0.29) is 18.8 Å². The van der Waals surface area contributed by atoms with Gasteiger partial charge in [-0.05, 0) is 81.5 Å². The van der Waals surface area contributed by atoms with Crippen LogP contribution in [0.15, 0.2) is 66.7 Å². The zero-order valence-corrected chi connectivity index (χ0v) is 52.1. The highest BCUT2D eigenvalue weighted by Gasteiger charge is 2.54. The largest absolute Gasteiger partial charge is 0.490 e. The smallest absolute Gasteiger partial charge is 0.338 e. The van der Waals surface area contributed by atoms with Crippen LogP contribution >= 0.6 is 0 Å². The molecule has 1 N–H and O–H groups in total. The average Bonchev–Trinajstić information content (AvgIpc) is 3.38. The van der Waals surface area contributed by atoms with E-state index >= 15 is 0 Å². The molecule has 2 aliphatic rings. The first kappa shape index (κ1) is 68.4. The van der Waals surface area contributed by atoms with Gasteiger partial charge in [0.1, 0.15) is 18.2 Å². The highest BCUT2D eigenvalue weighted by Crippen LogP contribution is 2.37. The topological polar surface area (TPSA) is 129 Å². The quantitative estimate of drug-likeness (QED) is 0.0429. The van der Waals surface area contributed by atoms with Crippen LogP contribution in [-0.2, 0) is 30.3 Å². The summed E-state index contributed by atoms with van der Waals surface area (Å²) in [6, 6.07) is 19.4. The Morgan fingerprint density at radius 1 is 0.500 bits per heavy atom. The van der Waals surface area contributed by atoms with E-state index in [0.29, 0.717) is 55.0 Å². The van der Waals surface area contributed by atoms with Crippen LogP contribution in [0.2, 0.25) is 0 Å². The Labute approximate surface area is 496 Å². The summed E-state index contributed by atoms with van der Waals surface area (Å²) in [5, 5.41) is 3.23. The number of nitrogens with one attached hydrogen (secondary N) is 1. The normalized spacial score (nSPS) is 18.4. The summed E-state index contributed by atoms with van der Waals surface area (Å²) in [4.78, 5) is 29.7. The zero-order valence-electron chi connectivity index (χ0n) is 52.1. The summed E-state index contributed by atoms with van der Waals surface area (Å²) in [6.45, 7) is 15.1. The predicted molar refractivity (Wildman–Crippen MR) is 331 cm³/mol. The molecule has 0 bridgehead atoms. The second kappa shape index (κ2) is 41.6. The van der Waals surface area contributed by atoms with Gasteiger partial charge in [0, 0.05) is 5.56 Å². The van der Waals surface area contributed by atoms with Crippen molar-refractivity contribution in [1.82, 2.24) is 5.32 Å². The van der Waals surface area contributed by atoms with Gasteiger partial charge in [0.25, 0.3) is 5.91 Å². The first-order valence-electron chi connectivity index (χ1n) is 33.1. The van der Waals surface area contributed by atoms with E-state index in [1.807, 2.05) is 56.3 Å². The number of carbonyl (C=O) groups excluding carboxylic acids is 2. The Bertz CT molecular complexity index is 2130. The lowest BCUT2D eigenvalue weighted by atomic mass is 9.94. The number of ether oxygens (including phenoxy) is 9. The molecule has 0 radical (unpaired) electrons. The molecule has 2 saturated heterocycles. The molecule has 2 fully saturated rings. The van der Waals surface area contributed by atoms with Crippen molar-refractivity contribution in [2.24, 2.45) is 0 Å². The average molecular weight is 1140 g/mol. The van der Waals surface area contributed by atoms with E-state index in [1.165, 1.54) is 154 Å². The minimum atomic E-state index is -1.08. The third-order valence-corrected chi connectivity index (χ3v) is 15.9. The molecule has 0 unspecified atom stereocenters. The van der Waals surface area contributed by atoms with Crippen molar-refractivity contribution in [2.45, 2.75) is 290 Å². The lowest BCUT2D eigenvalue weighted by Crippen LogP contribution is -2.69. The van der Waals surface area contributed by atoms with Crippen LogP contribution in [0.3, 0.4) is 0 Å². The van der Waals surface area contributed by atoms with Gasteiger partial charge in [-0.15, -0.1) is 0 Å². The third kappa shape index (κ3) is 26.7. The third-order valence-electron chi connectivity index (χ3n) is 15.9. The fraction of sp³-hybridized carbons (Fsp3) is 0.714. The van der Waals surface area contributed by atoms with Crippen molar-refractivity contribution >= 4 is 11.9 Å². The maximum atomic E-state index is 14.9. The van der Waals surface area contributed by atoms with Gasteiger partial charge >= 0.3 is 5.97 Å². The van der Waals surface area contributed by atoms with E-state index in [4.69, 9.17) is 42.6 Å². The molecular weight excluding hydrogens is 1030 g/mol. The molecule has 82 heavy (non-hydrogen) atoms. The molecule has 0 spiro atoms. The zero-order chi connectivity index (χ0) is 58.3. The molecule has 0 aromatic heterocycles. The molecular formula is C70H111NO11. The highest BCUT2D eigenvalue weighted by molar-refractivity contribution is 5.95. The van der Waals surface area contributed by atoms with Crippen molar-refractivity contribution in [3.05, 3.63) is 83.4 Å². The molecule has 12 heteroatoms. The second-order valence-electron chi connectivity index (χ2n) is 23.6. The number of hydrogen-bond acceptors (Lipinski definition) is 11. The minimum Gasteiger partial charge on any atom is -0.490 e. The van der Waals surface area contributed by atoms with E-state index in [1.54, 1.807) is 24.3 Å². The number of rotatable bonds is 47. The van der Waals surface area contributed by atoms with Gasteiger partial charge in [-0.25, -0.2) is 4.79 Å². The number of amides is 1. The Balaban J connectivity index is 1.38. The molecule has 2 heterocycles. The molecule has 12 nitrogen and oxygen atoms in total. The van der Waals surface area contributed by atoms with E-state index in [2.05, 4.69) is 33.0 Å². The Morgan fingerprint density at radius 2 is 0.902 bits per heavy atom. The lowest BCUT2D eigenvalue weighted by molar-refractivity contribution is -0.368. The lowest BCUT2D eigenvalue weighted by Gasteiger charge is -2.50. The first-order chi connectivity index (χ1) is 40.2. The van der Waals surface area contributed by atoms with E-state index < -0.39 is 48.3 Å². The van der Waals surface area contributed by atoms with Gasteiger partial charge < -0.3 is 47.9 Å². The number of unbranched alkanes of at least 4 members (excludes halogenated alkanes) is 28. The molecule has 1 amide bonds. The van der Waals surface area contributed by atoms with Crippen molar-refractivity contribution in [3.8, 4) is 23.0 Å². The van der Waals surface area contributed by atoms with Gasteiger partial charge in [-0.2, -0.15) is 0 Å². The summed E-state index contributed by atoms with van der Waals surface area (Å²) >= 11 is 0. The Morgan fingerprint density at radius 3 is 1.35 bits per heavy atom. The Hall–Kier alpha value is -4.36. The van der Waals surface area contributed by atoms with Crippen LogP contribution < -0.4 is 24.3 Å². The fourth-order valence-corrected chi connectivity index (χ4v) is 10.9. The van der Waals surface area contributed by atoms with Crippen LogP contribution in [0, 0.1) is 0 Å². The predicted octanol–water partition coefficient (Wildman–Crippen LogP) is 18.2. The summed E-state index contributed by atoms with van der Waals surface area (Å²) < 4.78 is 58.3. The van der Waals surface area contributed by atoms with Crippen LogP contribution in [0.25, 0.3) is 0 Å². The monoisotopic (exact) mass is 1140 g/mol. The number of hydrogen-bond donors (Lipinski definition) is 1. The summed E-state index contributed by atoms with van der Waals surface area (Å²) in [5.74, 6) is 0.166. The number of benzene rings is 3. The van der Waals surface area contributed by atoms with Crippen LogP contribution in [0.4, 0.5) is 0 Å². The van der Waals surface area contributed by atoms with Crippen molar-refractivity contribution in [1.29, 1.82) is 0 Å². The van der Waals surface area contributed by atoms with Crippen molar-refractivity contribution in [2.75, 3.05) is 33.0 Å². The Kier molecular flexibility index (Phi) is 34.7. The number of carbonyl (C=O) groups is 2. The SMILES string of the molecule is CCCCCCCCCCOc1ccc(C(=O)N[C@H]2[C@H](OCc3ccccc3)O[C@@H]3COC(C)(C)O[C@H]3[C@@H]2OC(=O)c2ccc(OCCCCCCCCCC)c(OCCCCCCCCCC)c2)cc1OCCCCCCCCCC. The molecule has 5 atom stereocenters. The summed E-state index contributed by atoms with van der Waals surface area (Å²) in [6.07, 6.45) is 34.4. The van der Waals surface area contributed by atoms with Gasteiger partial charge in [0.15, 0.2) is 41.2 Å². The molecule has 3 aromatic rings. The van der Waals surface area contributed by atoms with E-state index in [9.17, 15) is 9.59 Å². The molecule has 2 aliphatic heterocycles. The summed E-state index contributed by atoms with van der Waals surface area (Å²) in [7, 11) is 0. The second-order valence-corrected chi connectivity index (χ2v) is 23.6. The molecule has 5 rings (SSSR count). The van der Waals surface area contributed by atoms with Gasteiger partial charge in [-0.3, -0.25) is 4.79 Å².